The van der Waals surface area contributed by atoms with Crippen LogP contribution in [0.2, 0.25) is 0 Å². The van der Waals surface area contributed by atoms with Crippen molar-refractivity contribution in [3.05, 3.63) is 59.7 Å². The van der Waals surface area contributed by atoms with Crippen molar-refractivity contribution in [3.8, 4) is 5.75 Å². The molecule has 2 aromatic rings. The van der Waals surface area contributed by atoms with Crippen LogP contribution < -0.4 is 10.1 Å². The molecule has 0 aromatic heterocycles. The van der Waals surface area contributed by atoms with Crippen molar-refractivity contribution in [1.82, 2.24) is 5.32 Å². The first-order valence-corrected chi connectivity index (χ1v) is 9.50. The maximum Gasteiger partial charge on any atom is 0.253 e. The van der Waals surface area contributed by atoms with Crippen LogP contribution in [-0.2, 0) is 9.84 Å². The van der Waals surface area contributed by atoms with Crippen LogP contribution >= 0.6 is 0 Å². The molecule has 0 spiro atoms. The van der Waals surface area contributed by atoms with E-state index in [1.165, 1.54) is 12.1 Å². The molecule has 0 saturated carbocycles. The van der Waals surface area contributed by atoms with Crippen molar-refractivity contribution < 1.29 is 17.9 Å². The Bertz CT molecular complexity index is 813. The van der Waals surface area contributed by atoms with E-state index in [-0.39, 0.29) is 16.5 Å². The maximum absolute atomic E-state index is 12.6. The van der Waals surface area contributed by atoms with Crippen LogP contribution in [-0.4, -0.2) is 27.7 Å². The van der Waals surface area contributed by atoms with Crippen molar-refractivity contribution in [2.24, 2.45) is 0 Å². The van der Waals surface area contributed by atoms with Gasteiger partial charge in [-0.3, -0.25) is 4.79 Å². The molecule has 2 rings (SSSR count). The van der Waals surface area contributed by atoms with Gasteiger partial charge in [-0.25, -0.2) is 8.42 Å². The van der Waals surface area contributed by atoms with Crippen LogP contribution in [0.4, 0.5) is 0 Å². The van der Waals surface area contributed by atoms with Crippen LogP contribution in [0.15, 0.2) is 53.4 Å². The molecule has 0 aliphatic heterocycles. The minimum atomic E-state index is -3.47. The molecule has 0 aliphatic carbocycles. The van der Waals surface area contributed by atoms with E-state index in [4.69, 9.17) is 4.74 Å². The average Bonchev–Trinajstić information content (AvgIpc) is 2.59. The summed E-state index contributed by atoms with van der Waals surface area (Å²) in [7, 11) is -1.88. The minimum Gasteiger partial charge on any atom is -0.497 e. The number of carbonyl (C=O) groups is 1. The molecular formula is C18H21NO4S. The van der Waals surface area contributed by atoms with E-state index in [9.17, 15) is 13.2 Å². The van der Waals surface area contributed by atoms with Gasteiger partial charge in [0.1, 0.15) is 5.75 Å². The van der Waals surface area contributed by atoms with Gasteiger partial charge in [0.05, 0.1) is 23.6 Å². The molecule has 1 atom stereocenters. The Labute approximate surface area is 142 Å². The summed E-state index contributed by atoms with van der Waals surface area (Å²) in [5.74, 6) is 0.334. The SMILES string of the molecule is CCC(NC(=O)c1ccccc1S(C)(=O)=O)c1ccc(OC)cc1. The highest BCUT2D eigenvalue weighted by atomic mass is 32.2. The normalized spacial score (nSPS) is 12.5. The third-order valence-electron chi connectivity index (χ3n) is 3.76. The number of hydrogen-bond acceptors (Lipinski definition) is 4. The molecule has 0 radical (unpaired) electrons. The zero-order chi connectivity index (χ0) is 17.7. The summed E-state index contributed by atoms with van der Waals surface area (Å²) in [5.41, 5.74) is 1.09. The first kappa shape index (κ1) is 18.0. The van der Waals surface area contributed by atoms with E-state index in [0.29, 0.717) is 6.42 Å². The van der Waals surface area contributed by atoms with Gasteiger partial charge in [-0.05, 0) is 36.2 Å². The lowest BCUT2D eigenvalue weighted by Crippen LogP contribution is -2.29. The van der Waals surface area contributed by atoms with E-state index in [0.717, 1.165) is 17.6 Å². The summed E-state index contributed by atoms with van der Waals surface area (Å²) >= 11 is 0. The first-order chi connectivity index (χ1) is 11.4. The van der Waals surface area contributed by atoms with Crippen LogP contribution in [0.1, 0.15) is 35.3 Å². The van der Waals surface area contributed by atoms with E-state index in [1.807, 2.05) is 31.2 Å². The fourth-order valence-electron chi connectivity index (χ4n) is 2.47. The van der Waals surface area contributed by atoms with Gasteiger partial charge in [-0.1, -0.05) is 31.2 Å². The molecule has 0 heterocycles. The van der Waals surface area contributed by atoms with E-state index < -0.39 is 15.7 Å². The molecule has 5 nitrogen and oxygen atoms in total. The monoisotopic (exact) mass is 347 g/mol. The van der Waals surface area contributed by atoms with Crippen molar-refractivity contribution in [3.63, 3.8) is 0 Å². The van der Waals surface area contributed by atoms with Crippen LogP contribution in [0.3, 0.4) is 0 Å². The molecule has 1 unspecified atom stereocenters. The van der Waals surface area contributed by atoms with Gasteiger partial charge >= 0.3 is 0 Å². The second-order valence-corrected chi connectivity index (χ2v) is 7.46. The van der Waals surface area contributed by atoms with Crippen molar-refractivity contribution in [1.29, 1.82) is 0 Å². The van der Waals surface area contributed by atoms with Gasteiger partial charge < -0.3 is 10.1 Å². The Hall–Kier alpha value is -2.34. The number of methoxy groups -OCH3 is 1. The molecule has 0 fully saturated rings. The van der Waals surface area contributed by atoms with Gasteiger partial charge in [-0.15, -0.1) is 0 Å². The fraction of sp³-hybridized carbons (Fsp3) is 0.278. The fourth-order valence-corrected chi connectivity index (χ4v) is 3.36. The molecule has 0 bridgehead atoms. The number of hydrogen-bond donors (Lipinski definition) is 1. The molecular weight excluding hydrogens is 326 g/mol. The molecule has 1 amide bonds. The van der Waals surface area contributed by atoms with Crippen molar-refractivity contribution >= 4 is 15.7 Å². The highest BCUT2D eigenvalue weighted by molar-refractivity contribution is 7.90. The maximum atomic E-state index is 12.6. The molecule has 2 aromatic carbocycles. The first-order valence-electron chi connectivity index (χ1n) is 7.60. The Balaban J connectivity index is 2.27. The van der Waals surface area contributed by atoms with E-state index in [2.05, 4.69) is 5.32 Å². The van der Waals surface area contributed by atoms with Gasteiger partial charge in [0.15, 0.2) is 9.84 Å². The molecule has 6 heteroatoms. The highest BCUT2D eigenvalue weighted by Gasteiger charge is 2.20. The number of amides is 1. The molecule has 1 N–H and O–H groups in total. The van der Waals surface area contributed by atoms with Gasteiger partial charge in [0.2, 0.25) is 0 Å². The highest BCUT2D eigenvalue weighted by Crippen LogP contribution is 2.22. The minimum absolute atomic E-state index is 0.0343. The summed E-state index contributed by atoms with van der Waals surface area (Å²) in [4.78, 5) is 12.6. The lowest BCUT2D eigenvalue weighted by atomic mass is 10.0. The number of carbonyl (C=O) groups excluding carboxylic acids is 1. The van der Waals surface area contributed by atoms with Gasteiger partial charge in [0.25, 0.3) is 5.91 Å². The Morgan fingerprint density at radius 1 is 1.12 bits per heavy atom. The smallest absolute Gasteiger partial charge is 0.253 e. The predicted octanol–water partition coefficient (Wildman–Crippen LogP) is 2.98. The molecule has 0 saturated heterocycles. The number of nitrogens with one attached hydrogen (secondary N) is 1. The average molecular weight is 347 g/mol. The summed E-state index contributed by atoms with van der Waals surface area (Å²) in [6.07, 6.45) is 1.78. The quantitative estimate of drug-likeness (QED) is 0.872. The summed E-state index contributed by atoms with van der Waals surface area (Å²) in [6.45, 7) is 1.96. The summed E-state index contributed by atoms with van der Waals surface area (Å²) in [6, 6.07) is 13.4. The topological polar surface area (TPSA) is 72.5 Å². The zero-order valence-electron chi connectivity index (χ0n) is 13.9. The van der Waals surface area contributed by atoms with Crippen LogP contribution in [0.25, 0.3) is 0 Å². The number of ether oxygens (including phenoxy) is 1. The van der Waals surface area contributed by atoms with Gasteiger partial charge in [-0.2, -0.15) is 0 Å². The van der Waals surface area contributed by atoms with Crippen molar-refractivity contribution in [2.75, 3.05) is 13.4 Å². The second kappa shape index (κ2) is 7.49. The Kier molecular flexibility index (Phi) is 5.62. The second-order valence-electron chi connectivity index (χ2n) is 5.48. The van der Waals surface area contributed by atoms with Crippen molar-refractivity contribution in [2.45, 2.75) is 24.3 Å². The third kappa shape index (κ3) is 4.14. The molecule has 24 heavy (non-hydrogen) atoms. The number of benzene rings is 2. The van der Waals surface area contributed by atoms with E-state index in [1.54, 1.807) is 19.2 Å². The largest absolute Gasteiger partial charge is 0.497 e. The van der Waals surface area contributed by atoms with Gasteiger partial charge in [0, 0.05) is 6.26 Å². The Morgan fingerprint density at radius 3 is 2.29 bits per heavy atom. The molecule has 128 valence electrons. The zero-order valence-corrected chi connectivity index (χ0v) is 14.8. The van der Waals surface area contributed by atoms with Crippen LogP contribution in [0.5, 0.6) is 5.75 Å². The Morgan fingerprint density at radius 2 is 1.75 bits per heavy atom. The number of sulfone groups is 1. The predicted molar refractivity (Wildman–Crippen MR) is 93.0 cm³/mol. The third-order valence-corrected chi connectivity index (χ3v) is 4.92. The molecule has 0 aliphatic rings. The lowest BCUT2D eigenvalue weighted by Gasteiger charge is -2.18. The van der Waals surface area contributed by atoms with E-state index >= 15 is 0 Å². The van der Waals surface area contributed by atoms with Crippen LogP contribution in [0, 0.1) is 0 Å². The summed E-state index contributed by atoms with van der Waals surface area (Å²) < 4.78 is 28.9. The lowest BCUT2D eigenvalue weighted by molar-refractivity contribution is 0.0932. The standard InChI is InChI=1S/C18H21NO4S/c1-4-16(13-9-11-14(23-2)12-10-13)19-18(20)15-7-5-6-8-17(15)24(3,21)22/h5-12,16H,4H2,1-3H3,(H,19,20). The summed E-state index contributed by atoms with van der Waals surface area (Å²) in [5, 5.41) is 2.91. The number of rotatable bonds is 6.